The number of carbonyl (C=O) groups excluding carboxylic acids is 1. The number of rotatable bonds is 4. The van der Waals surface area contributed by atoms with Gasteiger partial charge in [-0.05, 0) is 32.2 Å². The fourth-order valence-electron chi connectivity index (χ4n) is 2.81. The molecule has 1 aliphatic carbocycles. The van der Waals surface area contributed by atoms with Gasteiger partial charge in [-0.2, -0.15) is 0 Å². The molecule has 0 radical (unpaired) electrons. The average molecular weight is 225 g/mol. The first-order chi connectivity index (χ1) is 7.72. The highest BCUT2D eigenvalue weighted by molar-refractivity contribution is 5.74. The van der Waals surface area contributed by atoms with Gasteiger partial charge in [0.15, 0.2) is 0 Å². The second-order valence-corrected chi connectivity index (χ2v) is 5.04. The van der Waals surface area contributed by atoms with Crippen molar-refractivity contribution in [2.45, 2.75) is 44.7 Å². The van der Waals surface area contributed by atoms with E-state index in [-0.39, 0.29) is 5.91 Å². The normalized spacial score (nSPS) is 26.8. The van der Waals surface area contributed by atoms with Gasteiger partial charge in [0.2, 0.25) is 5.91 Å². The molecule has 4 heteroatoms. The predicted molar refractivity (Wildman–Crippen MR) is 64.1 cm³/mol. The second kappa shape index (κ2) is 5.15. The zero-order valence-electron chi connectivity index (χ0n) is 10.2. The molecule has 92 valence electrons. The van der Waals surface area contributed by atoms with Crippen LogP contribution in [0.3, 0.4) is 0 Å². The maximum atomic E-state index is 11.7. The summed E-state index contributed by atoms with van der Waals surface area (Å²) in [5.41, 5.74) is 5.59. The first-order valence-electron chi connectivity index (χ1n) is 6.43. The molecule has 1 atom stereocenters. The Balaban J connectivity index is 1.93. The van der Waals surface area contributed by atoms with Crippen LogP contribution >= 0.6 is 0 Å². The molecule has 0 bridgehead atoms. The zero-order valence-corrected chi connectivity index (χ0v) is 10.2. The number of hydrogen-bond acceptors (Lipinski definition) is 3. The lowest BCUT2D eigenvalue weighted by molar-refractivity contribution is -0.133. The fourth-order valence-corrected chi connectivity index (χ4v) is 2.81. The molecule has 4 nitrogen and oxygen atoms in total. The van der Waals surface area contributed by atoms with E-state index in [0.29, 0.717) is 12.1 Å². The highest BCUT2D eigenvalue weighted by atomic mass is 16.2. The second-order valence-electron chi connectivity index (χ2n) is 5.04. The van der Waals surface area contributed by atoms with Crippen LogP contribution < -0.4 is 5.73 Å². The summed E-state index contributed by atoms with van der Waals surface area (Å²) in [6.07, 6.45) is 4.76. The Morgan fingerprint density at radius 2 is 2.12 bits per heavy atom. The van der Waals surface area contributed by atoms with Gasteiger partial charge in [-0.1, -0.05) is 0 Å². The highest BCUT2D eigenvalue weighted by Crippen LogP contribution is 2.31. The number of hydrogen-bond donors (Lipinski definition) is 1. The van der Waals surface area contributed by atoms with Gasteiger partial charge in [-0.15, -0.1) is 0 Å². The van der Waals surface area contributed by atoms with E-state index in [1.165, 1.54) is 19.3 Å². The molecule has 0 aromatic rings. The van der Waals surface area contributed by atoms with Gasteiger partial charge in [0, 0.05) is 38.6 Å². The van der Waals surface area contributed by atoms with E-state index >= 15 is 0 Å². The van der Waals surface area contributed by atoms with Crippen molar-refractivity contribution in [1.29, 1.82) is 0 Å². The van der Waals surface area contributed by atoms with Crippen molar-refractivity contribution in [2.24, 2.45) is 5.73 Å². The van der Waals surface area contributed by atoms with Gasteiger partial charge in [-0.25, -0.2) is 0 Å². The van der Waals surface area contributed by atoms with Crippen LogP contribution in [0.15, 0.2) is 0 Å². The van der Waals surface area contributed by atoms with Crippen LogP contribution in [-0.2, 0) is 4.79 Å². The Kier molecular flexibility index (Phi) is 3.82. The van der Waals surface area contributed by atoms with E-state index < -0.39 is 0 Å². The number of likely N-dealkylation sites (tertiary alicyclic amines) is 1. The van der Waals surface area contributed by atoms with Crippen LogP contribution in [0.2, 0.25) is 0 Å². The molecule has 1 amide bonds. The molecule has 2 rings (SSSR count). The Morgan fingerprint density at radius 1 is 1.38 bits per heavy atom. The summed E-state index contributed by atoms with van der Waals surface area (Å²) in [5.74, 6) is 0.252. The van der Waals surface area contributed by atoms with Crippen LogP contribution in [0.1, 0.15) is 32.6 Å². The summed E-state index contributed by atoms with van der Waals surface area (Å²) in [4.78, 5) is 16.2. The number of nitrogens with zero attached hydrogens (tertiary/aromatic N) is 2. The third-order valence-corrected chi connectivity index (χ3v) is 3.62. The Bertz CT molecular complexity index is 251. The van der Waals surface area contributed by atoms with Gasteiger partial charge in [0.1, 0.15) is 0 Å². The smallest absolute Gasteiger partial charge is 0.219 e. The molecule has 1 saturated heterocycles. The van der Waals surface area contributed by atoms with Crippen molar-refractivity contribution in [3.8, 4) is 0 Å². The molecule has 1 heterocycles. The van der Waals surface area contributed by atoms with Crippen molar-refractivity contribution in [3.63, 3.8) is 0 Å². The summed E-state index contributed by atoms with van der Waals surface area (Å²) in [6, 6.07) is 0.977. The number of nitrogens with two attached hydrogens (primary N) is 1. The van der Waals surface area contributed by atoms with Crippen molar-refractivity contribution in [2.75, 3.05) is 26.2 Å². The summed E-state index contributed by atoms with van der Waals surface area (Å²) in [5, 5.41) is 0. The largest absolute Gasteiger partial charge is 0.336 e. The molecule has 2 fully saturated rings. The summed E-state index contributed by atoms with van der Waals surface area (Å²) in [6.45, 7) is 5.56. The maximum Gasteiger partial charge on any atom is 0.219 e. The molecular weight excluding hydrogens is 202 g/mol. The molecule has 0 aromatic carbocycles. The van der Waals surface area contributed by atoms with Crippen molar-refractivity contribution < 1.29 is 4.79 Å². The van der Waals surface area contributed by atoms with E-state index in [2.05, 4.69) is 9.80 Å². The summed E-state index contributed by atoms with van der Waals surface area (Å²) >= 11 is 0. The van der Waals surface area contributed by atoms with Crippen LogP contribution in [0.5, 0.6) is 0 Å². The molecule has 2 N–H and O–H groups in total. The molecule has 16 heavy (non-hydrogen) atoms. The van der Waals surface area contributed by atoms with E-state index in [1.807, 2.05) is 0 Å². The van der Waals surface area contributed by atoms with Gasteiger partial charge >= 0.3 is 0 Å². The number of carbonyl (C=O) groups is 1. The van der Waals surface area contributed by atoms with E-state index in [9.17, 15) is 4.79 Å². The van der Waals surface area contributed by atoms with Gasteiger partial charge in [-0.3, -0.25) is 4.79 Å². The van der Waals surface area contributed by atoms with Gasteiger partial charge in [0.05, 0.1) is 0 Å². The highest BCUT2D eigenvalue weighted by Gasteiger charge is 2.37. The van der Waals surface area contributed by atoms with Crippen LogP contribution in [-0.4, -0.2) is 54.0 Å². The van der Waals surface area contributed by atoms with Crippen molar-refractivity contribution in [1.82, 2.24) is 9.80 Å². The predicted octanol–water partition coefficient (Wildman–Crippen LogP) is 0.420. The van der Waals surface area contributed by atoms with Gasteiger partial charge < -0.3 is 15.5 Å². The van der Waals surface area contributed by atoms with E-state index in [0.717, 1.165) is 32.6 Å². The Hall–Kier alpha value is -0.610. The monoisotopic (exact) mass is 225 g/mol. The quantitative estimate of drug-likeness (QED) is 0.754. The van der Waals surface area contributed by atoms with Crippen LogP contribution in [0.4, 0.5) is 0 Å². The fraction of sp³-hybridized carbons (Fsp3) is 0.917. The molecular formula is C12H23N3O. The van der Waals surface area contributed by atoms with E-state index in [4.69, 9.17) is 5.73 Å². The molecule has 1 saturated carbocycles. The first kappa shape index (κ1) is 11.9. The molecule has 0 aromatic heterocycles. The molecule has 0 spiro atoms. The topological polar surface area (TPSA) is 49.6 Å². The first-order valence-corrected chi connectivity index (χ1v) is 6.43. The number of piperidine rings is 1. The summed E-state index contributed by atoms with van der Waals surface area (Å²) < 4.78 is 0. The molecule has 1 unspecified atom stereocenters. The average Bonchev–Trinajstić information content (AvgIpc) is 3.03. The number of amides is 1. The molecule has 2 aliphatic rings. The lowest BCUT2D eigenvalue weighted by Crippen LogP contribution is -2.51. The SMILES string of the molecule is CC(=O)N(C1CC1)C1CCCN(CCN)C1. The molecule has 1 aliphatic heterocycles. The standard InChI is InChI=1S/C12H23N3O/c1-10(16)15(11-4-5-11)12-3-2-7-14(9-12)8-6-13/h11-12H,2-9,13H2,1H3. The van der Waals surface area contributed by atoms with Crippen molar-refractivity contribution >= 4 is 5.91 Å². The minimum Gasteiger partial charge on any atom is -0.336 e. The third kappa shape index (κ3) is 2.74. The lowest BCUT2D eigenvalue weighted by Gasteiger charge is -2.39. The van der Waals surface area contributed by atoms with Crippen LogP contribution in [0.25, 0.3) is 0 Å². The lowest BCUT2D eigenvalue weighted by atomic mass is 10.0. The van der Waals surface area contributed by atoms with E-state index in [1.54, 1.807) is 6.92 Å². The zero-order chi connectivity index (χ0) is 11.5. The third-order valence-electron chi connectivity index (χ3n) is 3.62. The minimum absolute atomic E-state index is 0.252. The van der Waals surface area contributed by atoms with Crippen LogP contribution in [0, 0.1) is 0 Å². The van der Waals surface area contributed by atoms with Crippen molar-refractivity contribution in [3.05, 3.63) is 0 Å². The van der Waals surface area contributed by atoms with Gasteiger partial charge in [0.25, 0.3) is 0 Å². The summed E-state index contributed by atoms with van der Waals surface area (Å²) in [7, 11) is 0. The minimum atomic E-state index is 0.252. The Labute approximate surface area is 97.8 Å². The maximum absolute atomic E-state index is 11.7. The Morgan fingerprint density at radius 3 is 2.69 bits per heavy atom.